The molecule has 0 saturated carbocycles. The lowest BCUT2D eigenvalue weighted by Gasteiger charge is -2.29. The van der Waals surface area contributed by atoms with Crippen LogP contribution < -0.4 is 4.90 Å². The molecule has 0 N–H and O–H groups in total. The summed E-state index contributed by atoms with van der Waals surface area (Å²) >= 11 is 3.42. The van der Waals surface area contributed by atoms with E-state index in [0.717, 1.165) is 10.0 Å². The van der Waals surface area contributed by atoms with Gasteiger partial charge in [-0.25, -0.2) is 0 Å². The molecule has 1 aliphatic rings. The van der Waals surface area contributed by atoms with E-state index in [-0.39, 0.29) is 17.7 Å². The van der Waals surface area contributed by atoms with E-state index in [1.165, 1.54) is 4.90 Å². The Hall–Kier alpha value is -1.16. The van der Waals surface area contributed by atoms with Crippen molar-refractivity contribution in [1.29, 1.82) is 0 Å². The van der Waals surface area contributed by atoms with E-state index >= 15 is 0 Å². The molecule has 1 aliphatic heterocycles. The monoisotopic (exact) mass is 295 g/mol. The van der Waals surface area contributed by atoms with Crippen LogP contribution in [-0.4, -0.2) is 11.8 Å². The van der Waals surface area contributed by atoms with Gasteiger partial charge in [0.15, 0.2) is 0 Å². The van der Waals surface area contributed by atoms with Gasteiger partial charge in [0.2, 0.25) is 11.8 Å². The van der Waals surface area contributed by atoms with Gasteiger partial charge >= 0.3 is 0 Å². The second-order valence-corrected chi connectivity index (χ2v) is 5.37. The quantitative estimate of drug-likeness (QED) is 0.747. The van der Waals surface area contributed by atoms with Gasteiger partial charge in [-0.15, -0.1) is 0 Å². The number of hydrogen-bond acceptors (Lipinski definition) is 2. The summed E-state index contributed by atoms with van der Waals surface area (Å²) in [6, 6.07) is 5.55. The first-order chi connectivity index (χ1) is 8.00. The molecular formula is C13H14BrNO2. The third kappa shape index (κ3) is 2.27. The molecule has 0 bridgehead atoms. The van der Waals surface area contributed by atoms with Crippen LogP contribution in [0.25, 0.3) is 0 Å². The maximum atomic E-state index is 12.0. The summed E-state index contributed by atoms with van der Waals surface area (Å²) in [6.07, 6.45) is 0.884. The fourth-order valence-corrected chi connectivity index (χ4v) is 2.45. The Morgan fingerprint density at radius 3 is 2.41 bits per heavy atom. The number of carbonyl (C=O) groups is 2. The summed E-state index contributed by atoms with van der Waals surface area (Å²) in [6.45, 7) is 3.83. The van der Waals surface area contributed by atoms with E-state index in [9.17, 15) is 9.59 Å². The Morgan fingerprint density at radius 2 is 1.82 bits per heavy atom. The molecule has 2 rings (SSSR count). The lowest BCUT2D eigenvalue weighted by atomic mass is 9.96. The Balaban J connectivity index is 2.42. The normalized spacial score (nSPS) is 17.7. The number of anilines is 1. The Kier molecular flexibility index (Phi) is 3.33. The zero-order valence-corrected chi connectivity index (χ0v) is 11.5. The second kappa shape index (κ2) is 4.61. The molecule has 4 heteroatoms. The van der Waals surface area contributed by atoms with Crippen LogP contribution in [0.3, 0.4) is 0 Å². The summed E-state index contributed by atoms with van der Waals surface area (Å²) in [5.74, 6) is -0.0522. The molecule has 1 aromatic rings. The van der Waals surface area contributed by atoms with Gasteiger partial charge in [-0.05, 0) is 30.5 Å². The average molecular weight is 296 g/mol. The molecule has 0 unspecified atom stereocenters. The molecule has 0 radical (unpaired) electrons. The van der Waals surface area contributed by atoms with Crippen molar-refractivity contribution in [1.82, 2.24) is 0 Å². The molecule has 1 aromatic carbocycles. The van der Waals surface area contributed by atoms with Gasteiger partial charge in [0.1, 0.15) is 0 Å². The van der Waals surface area contributed by atoms with Crippen molar-refractivity contribution in [2.75, 3.05) is 4.90 Å². The molecule has 2 amide bonds. The van der Waals surface area contributed by atoms with Crippen LogP contribution in [-0.2, 0) is 9.59 Å². The van der Waals surface area contributed by atoms with Crippen LogP contribution in [0, 0.1) is 12.8 Å². The molecule has 0 atom stereocenters. The molecule has 3 nitrogen and oxygen atoms in total. The van der Waals surface area contributed by atoms with Crippen molar-refractivity contribution in [3.05, 3.63) is 28.2 Å². The predicted molar refractivity (Wildman–Crippen MR) is 69.8 cm³/mol. The Bertz CT molecular complexity index is 466. The minimum absolute atomic E-state index is 0.102. The van der Waals surface area contributed by atoms with Crippen molar-refractivity contribution in [2.45, 2.75) is 26.7 Å². The molecule has 1 saturated heterocycles. The number of hydrogen-bond donors (Lipinski definition) is 0. The highest BCUT2D eigenvalue weighted by Gasteiger charge is 2.32. The highest BCUT2D eigenvalue weighted by Crippen LogP contribution is 2.31. The van der Waals surface area contributed by atoms with Crippen LogP contribution in [0.1, 0.15) is 25.3 Å². The molecule has 90 valence electrons. The minimum Gasteiger partial charge on any atom is -0.274 e. The first-order valence-corrected chi connectivity index (χ1v) is 6.41. The fourth-order valence-electron chi connectivity index (χ4n) is 2.10. The van der Waals surface area contributed by atoms with Crippen LogP contribution in [0.2, 0.25) is 0 Å². The molecule has 0 aliphatic carbocycles. The van der Waals surface area contributed by atoms with Gasteiger partial charge < -0.3 is 0 Å². The summed E-state index contributed by atoms with van der Waals surface area (Å²) in [7, 11) is 0. The number of piperidine rings is 1. The van der Waals surface area contributed by atoms with E-state index in [0.29, 0.717) is 18.5 Å². The molecule has 0 spiro atoms. The van der Waals surface area contributed by atoms with Crippen molar-refractivity contribution < 1.29 is 9.59 Å². The van der Waals surface area contributed by atoms with Crippen LogP contribution >= 0.6 is 15.9 Å². The van der Waals surface area contributed by atoms with Gasteiger partial charge in [-0.1, -0.05) is 28.9 Å². The third-order valence-electron chi connectivity index (χ3n) is 3.02. The number of amides is 2. The highest BCUT2D eigenvalue weighted by molar-refractivity contribution is 9.10. The Morgan fingerprint density at radius 1 is 1.24 bits per heavy atom. The lowest BCUT2D eigenvalue weighted by Crippen LogP contribution is -2.43. The van der Waals surface area contributed by atoms with E-state index in [4.69, 9.17) is 0 Å². The first kappa shape index (κ1) is 12.3. The number of benzene rings is 1. The second-order valence-electron chi connectivity index (χ2n) is 4.52. The average Bonchev–Trinajstić information content (AvgIpc) is 2.23. The smallest absolute Gasteiger partial charge is 0.234 e. The number of nitrogens with zero attached hydrogens (tertiary/aromatic N) is 1. The summed E-state index contributed by atoms with van der Waals surface area (Å²) in [5, 5.41) is 0. The van der Waals surface area contributed by atoms with Gasteiger partial charge in [-0.2, -0.15) is 0 Å². The number of imide groups is 1. The van der Waals surface area contributed by atoms with E-state index < -0.39 is 0 Å². The first-order valence-electron chi connectivity index (χ1n) is 5.61. The zero-order chi connectivity index (χ0) is 12.6. The molecule has 17 heavy (non-hydrogen) atoms. The van der Waals surface area contributed by atoms with E-state index in [1.807, 2.05) is 32.0 Å². The maximum absolute atomic E-state index is 12.0. The fraction of sp³-hybridized carbons (Fsp3) is 0.385. The minimum atomic E-state index is -0.102. The number of rotatable bonds is 1. The maximum Gasteiger partial charge on any atom is 0.234 e. The largest absolute Gasteiger partial charge is 0.274 e. The number of halogens is 1. The van der Waals surface area contributed by atoms with Gasteiger partial charge in [0, 0.05) is 17.3 Å². The molecule has 1 fully saturated rings. The highest BCUT2D eigenvalue weighted by atomic mass is 79.9. The number of carbonyl (C=O) groups excluding carboxylic acids is 2. The van der Waals surface area contributed by atoms with Crippen molar-refractivity contribution in [3.63, 3.8) is 0 Å². The van der Waals surface area contributed by atoms with Gasteiger partial charge in [0.25, 0.3) is 0 Å². The molecular weight excluding hydrogens is 282 g/mol. The summed E-state index contributed by atoms with van der Waals surface area (Å²) in [5.41, 5.74) is 1.62. The standard InChI is InChI=1S/C13H14BrNO2/c1-8-6-12(16)15(13(17)7-8)11-5-3-4-10(14)9(11)2/h3-5,8H,6-7H2,1-2H3. The predicted octanol–water partition coefficient (Wildman–Crippen LogP) is 3.05. The third-order valence-corrected chi connectivity index (χ3v) is 3.88. The molecule has 1 heterocycles. The van der Waals surface area contributed by atoms with Crippen molar-refractivity contribution >= 4 is 33.4 Å². The van der Waals surface area contributed by atoms with E-state index in [2.05, 4.69) is 15.9 Å². The van der Waals surface area contributed by atoms with Gasteiger partial charge in [0.05, 0.1) is 5.69 Å². The van der Waals surface area contributed by atoms with Crippen molar-refractivity contribution in [3.8, 4) is 0 Å². The van der Waals surface area contributed by atoms with Crippen LogP contribution in [0.4, 0.5) is 5.69 Å². The molecule has 0 aromatic heterocycles. The zero-order valence-electron chi connectivity index (χ0n) is 9.87. The summed E-state index contributed by atoms with van der Waals surface area (Å²) < 4.78 is 0.911. The van der Waals surface area contributed by atoms with Crippen LogP contribution in [0.15, 0.2) is 22.7 Å². The van der Waals surface area contributed by atoms with E-state index in [1.54, 1.807) is 0 Å². The summed E-state index contributed by atoms with van der Waals surface area (Å²) in [4.78, 5) is 25.3. The van der Waals surface area contributed by atoms with Crippen molar-refractivity contribution in [2.24, 2.45) is 5.92 Å². The SMILES string of the molecule is Cc1c(Br)cccc1N1C(=O)CC(C)CC1=O. The Labute approximate surface area is 109 Å². The van der Waals surface area contributed by atoms with Crippen LogP contribution in [0.5, 0.6) is 0 Å². The topological polar surface area (TPSA) is 37.4 Å². The van der Waals surface area contributed by atoms with Gasteiger partial charge in [-0.3, -0.25) is 14.5 Å². The lowest BCUT2D eigenvalue weighted by molar-refractivity contribution is -0.130.